The first-order valence-corrected chi connectivity index (χ1v) is 7.96. The molecule has 0 aliphatic carbocycles. The lowest BCUT2D eigenvalue weighted by molar-refractivity contribution is -0.139. The Hall–Kier alpha value is -2.28. The van der Waals surface area contributed by atoms with Crippen molar-refractivity contribution in [2.45, 2.75) is 33.0 Å². The molecule has 0 radical (unpaired) electrons. The summed E-state index contributed by atoms with van der Waals surface area (Å²) in [7, 11) is 0. The van der Waals surface area contributed by atoms with Crippen LogP contribution in [0.25, 0.3) is 0 Å². The number of aliphatic carboxylic acids is 1. The Morgan fingerprint density at radius 3 is 2.46 bits per heavy atom. The second kappa shape index (κ2) is 8.01. The monoisotopic (exact) mass is 337 g/mol. The van der Waals surface area contributed by atoms with Crippen LogP contribution >= 0.6 is 0 Å². The number of carboxylic acids is 1. The smallest absolute Gasteiger partial charge is 0.341 e. The zero-order valence-corrected chi connectivity index (χ0v) is 14.2. The van der Waals surface area contributed by atoms with Crippen LogP contribution < -0.4 is 9.47 Å². The molecule has 1 amide bonds. The number of ether oxygens (including phenoxy) is 3. The van der Waals surface area contributed by atoms with Crippen molar-refractivity contribution in [1.29, 1.82) is 0 Å². The van der Waals surface area contributed by atoms with Gasteiger partial charge in [-0.1, -0.05) is 0 Å². The summed E-state index contributed by atoms with van der Waals surface area (Å²) in [6, 6.07) is 4.77. The zero-order valence-electron chi connectivity index (χ0n) is 14.2. The number of carboxylic acid groups (broad SMARTS) is 1. The number of benzene rings is 1. The molecule has 7 nitrogen and oxygen atoms in total. The summed E-state index contributed by atoms with van der Waals surface area (Å²) in [6.07, 6.45) is -0.0236. The molecule has 0 aromatic heterocycles. The maximum atomic E-state index is 12.7. The molecule has 24 heavy (non-hydrogen) atoms. The zero-order chi connectivity index (χ0) is 17.7. The molecular weight excluding hydrogens is 314 g/mol. The number of rotatable bonds is 6. The van der Waals surface area contributed by atoms with E-state index in [9.17, 15) is 9.59 Å². The first-order chi connectivity index (χ1) is 11.4. The number of nitrogens with zero attached hydrogens (tertiary/aromatic N) is 1. The predicted molar refractivity (Wildman–Crippen MR) is 86.7 cm³/mol. The maximum Gasteiger partial charge on any atom is 0.341 e. The van der Waals surface area contributed by atoms with Crippen LogP contribution in [0, 0.1) is 0 Å². The minimum Gasteiger partial charge on any atom is -0.490 e. The van der Waals surface area contributed by atoms with Gasteiger partial charge in [0.1, 0.15) is 0 Å². The normalized spacial score (nSPS) is 20.5. The molecule has 2 atom stereocenters. The van der Waals surface area contributed by atoms with Crippen molar-refractivity contribution in [3.8, 4) is 11.5 Å². The molecule has 0 saturated carbocycles. The Morgan fingerprint density at radius 2 is 1.88 bits per heavy atom. The summed E-state index contributed by atoms with van der Waals surface area (Å²) < 4.78 is 16.3. The Labute approximate surface area is 141 Å². The number of amides is 1. The standard InChI is InChI=1S/C17H23NO6/c1-4-22-15-7-13(5-6-14(15)23-10-16(19)20)17(21)18-8-11(2)24-12(3)9-18/h5-7,11-12H,4,8-10H2,1-3H3,(H,19,20). The van der Waals surface area contributed by atoms with Gasteiger partial charge in [-0.2, -0.15) is 0 Å². The summed E-state index contributed by atoms with van der Waals surface area (Å²) in [5.41, 5.74) is 0.474. The topological polar surface area (TPSA) is 85.3 Å². The molecular formula is C17H23NO6. The average molecular weight is 337 g/mol. The Kier molecular flexibility index (Phi) is 6.03. The fourth-order valence-corrected chi connectivity index (χ4v) is 2.69. The third-order valence-corrected chi connectivity index (χ3v) is 3.55. The van der Waals surface area contributed by atoms with Gasteiger partial charge in [0, 0.05) is 18.7 Å². The minimum atomic E-state index is -1.08. The molecule has 1 aliphatic rings. The van der Waals surface area contributed by atoms with E-state index in [1.807, 2.05) is 13.8 Å². The lowest BCUT2D eigenvalue weighted by Gasteiger charge is -2.35. The number of carbonyl (C=O) groups is 2. The fraction of sp³-hybridized carbons (Fsp3) is 0.529. The van der Waals surface area contributed by atoms with Crippen molar-refractivity contribution < 1.29 is 28.9 Å². The van der Waals surface area contributed by atoms with Crippen LogP contribution in [0.3, 0.4) is 0 Å². The average Bonchev–Trinajstić information content (AvgIpc) is 2.52. The number of carbonyl (C=O) groups excluding carboxylic acids is 1. The van der Waals surface area contributed by atoms with E-state index in [1.54, 1.807) is 30.0 Å². The first-order valence-electron chi connectivity index (χ1n) is 7.96. The van der Waals surface area contributed by atoms with Gasteiger partial charge in [-0.3, -0.25) is 4.79 Å². The van der Waals surface area contributed by atoms with Crippen molar-refractivity contribution in [1.82, 2.24) is 4.90 Å². The maximum absolute atomic E-state index is 12.7. The number of hydrogen-bond acceptors (Lipinski definition) is 5. The molecule has 1 fully saturated rings. The second-order valence-corrected chi connectivity index (χ2v) is 5.74. The van der Waals surface area contributed by atoms with Crippen molar-refractivity contribution in [2.24, 2.45) is 0 Å². The Bertz CT molecular complexity index is 593. The highest BCUT2D eigenvalue weighted by Crippen LogP contribution is 2.29. The van der Waals surface area contributed by atoms with E-state index in [4.69, 9.17) is 19.3 Å². The van der Waals surface area contributed by atoms with Crippen LogP contribution in [0.1, 0.15) is 31.1 Å². The van der Waals surface area contributed by atoms with Crippen molar-refractivity contribution in [3.05, 3.63) is 23.8 Å². The Morgan fingerprint density at radius 1 is 1.21 bits per heavy atom. The van der Waals surface area contributed by atoms with Crippen LogP contribution in [0.5, 0.6) is 11.5 Å². The first kappa shape index (κ1) is 18.1. The van der Waals surface area contributed by atoms with Crippen LogP contribution in [-0.4, -0.2) is 60.4 Å². The molecule has 1 saturated heterocycles. The van der Waals surface area contributed by atoms with Gasteiger partial charge < -0.3 is 24.2 Å². The van der Waals surface area contributed by atoms with Crippen LogP contribution in [-0.2, 0) is 9.53 Å². The molecule has 1 aromatic rings. The summed E-state index contributed by atoms with van der Waals surface area (Å²) >= 11 is 0. The van der Waals surface area contributed by atoms with Gasteiger partial charge in [0.05, 0.1) is 18.8 Å². The third kappa shape index (κ3) is 4.61. The lowest BCUT2D eigenvalue weighted by Crippen LogP contribution is -2.48. The molecule has 1 aromatic carbocycles. The fourth-order valence-electron chi connectivity index (χ4n) is 2.69. The predicted octanol–water partition coefficient (Wildman–Crippen LogP) is 1.80. The van der Waals surface area contributed by atoms with E-state index in [-0.39, 0.29) is 18.1 Å². The van der Waals surface area contributed by atoms with Gasteiger partial charge >= 0.3 is 5.97 Å². The quantitative estimate of drug-likeness (QED) is 0.852. The van der Waals surface area contributed by atoms with Gasteiger partial charge in [-0.15, -0.1) is 0 Å². The van der Waals surface area contributed by atoms with E-state index in [0.29, 0.717) is 36.8 Å². The van der Waals surface area contributed by atoms with Gasteiger partial charge in [0.25, 0.3) is 5.91 Å². The molecule has 1 heterocycles. The van der Waals surface area contributed by atoms with E-state index in [1.165, 1.54) is 0 Å². The molecule has 0 spiro atoms. The van der Waals surface area contributed by atoms with Crippen LogP contribution in [0.4, 0.5) is 0 Å². The molecule has 132 valence electrons. The molecule has 7 heteroatoms. The summed E-state index contributed by atoms with van der Waals surface area (Å²) in [5, 5.41) is 8.72. The third-order valence-electron chi connectivity index (χ3n) is 3.55. The molecule has 1 aliphatic heterocycles. The van der Waals surface area contributed by atoms with Gasteiger partial charge in [0.2, 0.25) is 0 Å². The summed E-state index contributed by atoms with van der Waals surface area (Å²) in [5.74, 6) is -0.518. The van der Waals surface area contributed by atoms with Gasteiger partial charge in [-0.25, -0.2) is 4.79 Å². The van der Waals surface area contributed by atoms with Gasteiger partial charge in [0.15, 0.2) is 18.1 Å². The van der Waals surface area contributed by atoms with E-state index < -0.39 is 12.6 Å². The largest absolute Gasteiger partial charge is 0.490 e. The molecule has 1 N–H and O–H groups in total. The van der Waals surface area contributed by atoms with Crippen LogP contribution in [0.15, 0.2) is 18.2 Å². The summed E-state index contributed by atoms with van der Waals surface area (Å²) in [4.78, 5) is 25.1. The highest BCUT2D eigenvalue weighted by molar-refractivity contribution is 5.95. The second-order valence-electron chi connectivity index (χ2n) is 5.74. The van der Waals surface area contributed by atoms with E-state index >= 15 is 0 Å². The van der Waals surface area contributed by atoms with Crippen molar-refractivity contribution >= 4 is 11.9 Å². The van der Waals surface area contributed by atoms with E-state index in [0.717, 1.165) is 0 Å². The molecule has 2 unspecified atom stereocenters. The van der Waals surface area contributed by atoms with Gasteiger partial charge in [-0.05, 0) is 39.0 Å². The molecule has 2 rings (SSSR count). The van der Waals surface area contributed by atoms with Crippen LogP contribution in [0.2, 0.25) is 0 Å². The Balaban J connectivity index is 2.18. The number of hydrogen-bond donors (Lipinski definition) is 1. The SMILES string of the molecule is CCOc1cc(C(=O)N2CC(C)OC(C)C2)ccc1OCC(=O)O. The molecule has 0 bridgehead atoms. The van der Waals surface area contributed by atoms with Crippen molar-refractivity contribution in [3.63, 3.8) is 0 Å². The summed E-state index contributed by atoms with van der Waals surface area (Å²) in [6.45, 7) is 6.66. The minimum absolute atomic E-state index is 0.0118. The number of morpholine rings is 1. The highest BCUT2D eigenvalue weighted by Gasteiger charge is 2.27. The highest BCUT2D eigenvalue weighted by atomic mass is 16.5. The van der Waals surface area contributed by atoms with E-state index in [2.05, 4.69) is 0 Å². The van der Waals surface area contributed by atoms with Crippen molar-refractivity contribution in [2.75, 3.05) is 26.3 Å². The lowest BCUT2D eigenvalue weighted by atomic mass is 10.1.